The predicted octanol–water partition coefficient (Wildman–Crippen LogP) is 4.33. The molecule has 5 rings (SSSR count). The first-order chi connectivity index (χ1) is 18.5. The summed E-state index contributed by atoms with van der Waals surface area (Å²) in [6, 6.07) is 16.9. The second kappa shape index (κ2) is 11.1. The molecule has 0 saturated carbocycles. The number of para-hydroxylation sites is 1. The lowest BCUT2D eigenvalue weighted by Gasteiger charge is -2.22. The number of fused-ring (bicyclic) bond motifs is 2. The van der Waals surface area contributed by atoms with Crippen LogP contribution in [0.2, 0.25) is 0 Å². The number of methoxy groups -OCH3 is 3. The molecule has 0 spiro atoms. The maximum atomic E-state index is 13.5. The zero-order valence-electron chi connectivity index (χ0n) is 21.3. The predicted molar refractivity (Wildman–Crippen MR) is 143 cm³/mol. The summed E-state index contributed by atoms with van der Waals surface area (Å²) >= 11 is 1.57. The largest absolute Gasteiger partial charge is 0.493 e. The van der Waals surface area contributed by atoms with Crippen LogP contribution in [-0.2, 0) is 16.1 Å². The maximum Gasteiger partial charge on any atom is 0.240 e. The first kappa shape index (κ1) is 25.6. The standard InChI is InChI=1S/C28H28N2O7S/c1-33-22-11-18(12-23(34-2)28(22)35-3)25-13-27(32)30(19-6-4-5-7-24(19)38-25)15-26(31)29-14-17-8-9-20-21(10-17)37-16-36-20/h4-12,25H,13-16H2,1-3H3,(H,29,31)/t25-/m0/s1. The molecular weight excluding hydrogens is 508 g/mol. The van der Waals surface area contributed by atoms with Crippen LogP contribution in [0.4, 0.5) is 5.69 Å². The van der Waals surface area contributed by atoms with Crippen molar-refractivity contribution in [2.75, 3.05) is 39.6 Å². The Balaban J connectivity index is 1.35. The molecule has 0 aliphatic carbocycles. The molecule has 9 nitrogen and oxygen atoms in total. The lowest BCUT2D eigenvalue weighted by Crippen LogP contribution is -2.40. The summed E-state index contributed by atoms with van der Waals surface area (Å²) in [5, 5.41) is 2.69. The minimum atomic E-state index is -0.262. The molecule has 10 heteroatoms. The molecule has 0 aromatic heterocycles. The van der Waals surface area contributed by atoms with E-state index in [0.29, 0.717) is 41.0 Å². The highest BCUT2D eigenvalue weighted by atomic mass is 32.2. The summed E-state index contributed by atoms with van der Waals surface area (Å²) < 4.78 is 27.2. The molecule has 0 unspecified atom stereocenters. The lowest BCUT2D eigenvalue weighted by molar-refractivity contribution is -0.124. The van der Waals surface area contributed by atoms with Crippen molar-refractivity contribution in [2.45, 2.75) is 23.1 Å². The van der Waals surface area contributed by atoms with Gasteiger partial charge in [-0.15, -0.1) is 11.8 Å². The van der Waals surface area contributed by atoms with Gasteiger partial charge in [0.1, 0.15) is 6.54 Å². The minimum absolute atomic E-state index is 0.0943. The summed E-state index contributed by atoms with van der Waals surface area (Å²) in [6.07, 6.45) is 0.188. The van der Waals surface area contributed by atoms with E-state index in [4.69, 9.17) is 23.7 Å². The van der Waals surface area contributed by atoms with Crippen molar-refractivity contribution in [2.24, 2.45) is 0 Å². The highest BCUT2D eigenvalue weighted by Crippen LogP contribution is 2.49. The monoisotopic (exact) mass is 536 g/mol. The van der Waals surface area contributed by atoms with Gasteiger partial charge in [0.25, 0.3) is 0 Å². The van der Waals surface area contributed by atoms with Gasteiger partial charge in [0.05, 0.1) is 27.0 Å². The zero-order valence-corrected chi connectivity index (χ0v) is 22.1. The molecule has 1 atom stereocenters. The molecule has 0 fully saturated rings. The Bertz CT molecular complexity index is 1340. The van der Waals surface area contributed by atoms with E-state index in [-0.39, 0.29) is 36.8 Å². The number of nitrogens with zero attached hydrogens (tertiary/aromatic N) is 1. The van der Waals surface area contributed by atoms with Crippen molar-refractivity contribution in [1.29, 1.82) is 0 Å². The lowest BCUT2D eigenvalue weighted by atomic mass is 10.1. The third-order valence-corrected chi connectivity index (χ3v) is 7.70. The van der Waals surface area contributed by atoms with Crippen molar-refractivity contribution < 1.29 is 33.3 Å². The smallest absolute Gasteiger partial charge is 0.240 e. The van der Waals surface area contributed by atoms with Crippen LogP contribution in [0, 0.1) is 0 Å². The van der Waals surface area contributed by atoms with Crippen molar-refractivity contribution in [3.8, 4) is 28.7 Å². The summed E-state index contributed by atoms with van der Waals surface area (Å²) in [5.74, 6) is 2.46. The van der Waals surface area contributed by atoms with Crippen LogP contribution in [-0.4, -0.2) is 46.5 Å². The van der Waals surface area contributed by atoms with Crippen LogP contribution in [0.25, 0.3) is 0 Å². The fourth-order valence-corrected chi connectivity index (χ4v) is 5.74. The van der Waals surface area contributed by atoms with E-state index < -0.39 is 0 Å². The van der Waals surface area contributed by atoms with E-state index in [9.17, 15) is 9.59 Å². The third-order valence-electron chi connectivity index (χ3n) is 6.37. The van der Waals surface area contributed by atoms with Gasteiger partial charge in [-0.3, -0.25) is 9.59 Å². The number of thioether (sulfide) groups is 1. The van der Waals surface area contributed by atoms with Gasteiger partial charge in [0.15, 0.2) is 23.0 Å². The van der Waals surface area contributed by atoms with Crippen LogP contribution >= 0.6 is 11.8 Å². The highest BCUT2D eigenvalue weighted by molar-refractivity contribution is 7.99. The Labute approximate surface area is 225 Å². The number of nitrogens with one attached hydrogen (secondary N) is 1. The molecule has 0 saturated heterocycles. The van der Waals surface area contributed by atoms with Crippen molar-refractivity contribution >= 4 is 29.3 Å². The zero-order chi connectivity index (χ0) is 26.6. The molecule has 1 N–H and O–H groups in total. The highest BCUT2D eigenvalue weighted by Gasteiger charge is 2.31. The Morgan fingerprint density at radius 2 is 1.74 bits per heavy atom. The Morgan fingerprint density at radius 1 is 1.00 bits per heavy atom. The Hall–Kier alpha value is -4.05. The molecule has 198 valence electrons. The number of carbonyl (C=O) groups excluding carboxylic acids is 2. The van der Waals surface area contributed by atoms with Gasteiger partial charge >= 0.3 is 0 Å². The van der Waals surface area contributed by atoms with Crippen molar-refractivity contribution in [1.82, 2.24) is 5.32 Å². The fourth-order valence-electron chi connectivity index (χ4n) is 4.48. The van der Waals surface area contributed by atoms with Crippen LogP contribution in [0.5, 0.6) is 28.7 Å². The van der Waals surface area contributed by atoms with Crippen LogP contribution in [0.15, 0.2) is 59.5 Å². The second-order valence-electron chi connectivity index (χ2n) is 8.68. The number of hydrogen-bond donors (Lipinski definition) is 1. The molecule has 38 heavy (non-hydrogen) atoms. The molecule has 2 heterocycles. The Morgan fingerprint density at radius 3 is 2.47 bits per heavy atom. The normalized spacial score (nSPS) is 15.9. The molecular formula is C28H28N2O7S. The van der Waals surface area contributed by atoms with E-state index in [1.54, 1.807) is 38.0 Å². The molecule has 3 aromatic rings. The van der Waals surface area contributed by atoms with Gasteiger partial charge < -0.3 is 33.9 Å². The summed E-state index contributed by atoms with van der Waals surface area (Å²) in [7, 11) is 4.67. The van der Waals surface area contributed by atoms with Gasteiger partial charge in [0.2, 0.25) is 24.4 Å². The summed E-state index contributed by atoms with van der Waals surface area (Å²) in [6.45, 7) is 0.404. The van der Waals surface area contributed by atoms with E-state index in [0.717, 1.165) is 16.0 Å². The first-order valence-corrected chi connectivity index (χ1v) is 12.9. The van der Waals surface area contributed by atoms with E-state index >= 15 is 0 Å². The average Bonchev–Trinajstić information content (AvgIpc) is 3.36. The molecule has 2 amide bonds. The molecule has 2 aliphatic rings. The van der Waals surface area contributed by atoms with Gasteiger partial charge in [0, 0.05) is 23.1 Å². The first-order valence-electron chi connectivity index (χ1n) is 12.0. The Kier molecular flexibility index (Phi) is 7.50. The van der Waals surface area contributed by atoms with Crippen LogP contribution < -0.4 is 33.9 Å². The quantitative estimate of drug-likeness (QED) is 0.455. The summed E-state index contributed by atoms with van der Waals surface area (Å²) in [5.41, 5.74) is 2.45. The number of rotatable bonds is 8. The molecule has 0 bridgehead atoms. The molecule has 2 aliphatic heterocycles. The van der Waals surface area contributed by atoms with E-state index in [2.05, 4.69) is 5.32 Å². The summed E-state index contributed by atoms with van der Waals surface area (Å²) in [4.78, 5) is 29.0. The topological polar surface area (TPSA) is 95.6 Å². The van der Waals surface area contributed by atoms with Gasteiger partial charge in [-0.05, 0) is 47.5 Å². The number of carbonyl (C=O) groups is 2. The van der Waals surface area contributed by atoms with Gasteiger partial charge in [-0.2, -0.15) is 0 Å². The van der Waals surface area contributed by atoms with Crippen molar-refractivity contribution in [3.63, 3.8) is 0 Å². The number of amides is 2. The van der Waals surface area contributed by atoms with Crippen LogP contribution in [0.3, 0.4) is 0 Å². The molecule has 3 aromatic carbocycles. The van der Waals surface area contributed by atoms with Crippen LogP contribution in [0.1, 0.15) is 22.8 Å². The third kappa shape index (κ3) is 5.17. The number of benzene rings is 3. The fraction of sp³-hybridized carbons (Fsp3) is 0.286. The average molecular weight is 537 g/mol. The minimum Gasteiger partial charge on any atom is -0.493 e. The number of anilines is 1. The number of hydrogen-bond acceptors (Lipinski definition) is 8. The number of ether oxygens (including phenoxy) is 5. The van der Waals surface area contributed by atoms with E-state index in [1.165, 1.54) is 0 Å². The van der Waals surface area contributed by atoms with Gasteiger partial charge in [-0.25, -0.2) is 0 Å². The maximum absolute atomic E-state index is 13.5. The van der Waals surface area contributed by atoms with Crippen molar-refractivity contribution in [3.05, 3.63) is 65.7 Å². The SMILES string of the molecule is COc1cc([C@@H]2CC(=O)N(CC(=O)NCc3ccc4c(c3)OCO4)c3ccccc3S2)cc(OC)c1OC. The molecule has 0 radical (unpaired) electrons. The van der Waals surface area contributed by atoms with Gasteiger partial charge in [-0.1, -0.05) is 18.2 Å². The second-order valence-corrected chi connectivity index (χ2v) is 9.93. The van der Waals surface area contributed by atoms with E-state index in [1.807, 2.05) is 54.6 Å².